The van der Waals surface area contributed by atoms with Crippen LogP contribution in [0.25, 0.3) is 0 Å². The van der Waals surface area contributed by atoms with Crippen LogP contribution in [0.3, 0.4) is 0 Å². The summed E-state index contributed by atoms with van der Waals surface area (Å²) in [5.41, 5.74) is 0. The maximum Gasteiger partial charge on any atom is 0.306 e. The molecule has 0 aromatic carbocycles. The Hall–Kier alpha value is -2.11. The summed E-state index contributed by atoms with van der Waals surface area (Å²) in [5, 5.41) is 0. The highest BCUT2D eigenvalue weighted by Crippen LogP contribution is 2.18. The zero-order valence-electron chi connectivity index (χ0n) is 49.4. The van der Waals surface area contributed by atoms with Gasteiger partial charge in [-0.3, -0.25) is 14.4 Å². The van der Waals surface area contributed by atoms with E-state index in [1.54, 1.807) is 0 Å². The van der Waals surface area contributed by atoms with Gasteiger partial charge < -0.3 is 14.2 Å². The van der Waals surface area contributed by atoms with Gasteiger partial charge in [0.25, 0.3) is 0 Å². The zero-order valence-corrected chi connectivity index (χ0v) is 49.4. The van der Waals surface area contributed by atoms with Gasteiger partial charge in [-0.25, -0.2) is 0 Å². The lowest BCUT2D eigenvalue weighted by Gasteiger charge is -2.18. The molecule has 0 aliphatic carbocycles. The van der Waals surface area contributed by atoms with Gasteiger partial charge in [-0.2, -0.15) is 0 Å². The fraction of sp³-hybridized carbons (Fsp3) is 0.896. The second-order valence-corrected chi connectivity index (χ2v) is 22.4. The number of allylic oxidation sites excluding steroid dienone is 4. The van der Waals surface area contributed by atoms with Gasteiger partial charge in [0.15, 0.2) is 6.10 Å². The van der Waals surface area contributed by atoms with Crippen LogP contribution in [-0.2, 0) is 28.6 Å². The van der Waals surface area contributed by atoms with Crippen molar-refractivity contribution in [3.05, 3.63) is 24.3 Å². The maximum absolute atomic E-state index is 12.9. The second-order valence-electron chi connectivity index (χ2n) is 22.4. The molecule has 0 bridgehead atoms. The Morgan fingerprint density at radius 3 is 0.781 bits per heavy atom. The second kappa shape index (κ2) is 62.4. The molecule has 0 aromatic heterocycles. The third-order valence-electron chi connectivity index (χ3n) is 15.0. The van der Waals surface area contributed by atoms with Crippen LogP contribution < -0.4 is 0 Å². The van der Waals surface area contributed by atoms with Gasteiger partial charge in [0, 0.05) is 19.3 Å². The summed E-state index contributed by atoms with van der Waals surface area (Å²) in [6.07, 6.45) is 74.7. The Bertz CT molecular complexity index is 1180. The standard InChI is InChI=1S/C67H126O6/c1-4-7-10-13-16-19-22-25-28-30-32-33-35-36-39-42-45-48-51-54-57-60-66(69)72-63-64(62-71-65(68)59-56-53-50-47-44-41-38-27-24-21-18-15-12-9-6-3)73-67(70)61-58-55-52-49-46-43-40-37-34-31-29-26-23-20-17-14-11-8-5-2/h18,21,27,38,64H,4-17,19-20,22-26,28-37,39-63H2,1-3H3/b21-18-,38-27-. The molecule has 0 amide bonds. The minimum absolute atomic E-state index is 0.0695. The summed E-state index contributed by atoms with van der Waals surface area (Å²) in [7, 11) is 0. The molecule has 0 saturated carbocycles. The summed E-state index contributed by atoms with van der Waals surface area (Å²) < 4.78 is 17.0. The molecule has 0 saturated heterocycles. The summed E-state index contributed by atoms with van der Waals surface area (Å²) >= 11 is 0. The van der Waals surface area contributed by atoms with Crippen LogP contribution >= 0.6 is 0 Å². The van der Waals surface area contributed by atoms with Gasteiger partial charge in [-0.15, -0.1) is 0 Å². The lowest BCUT2D eigenvalue weighted by molar-refractivity contribution is -0.167. The highest BCUT2D eigenvalue weighted by Gasteiger charge is 2.19. The first kappa shape index (κ1) is 70.9. The SMILES string of the molecule is CCCCC/C=C\C/C=C\CCCCCCCC(=O)OCC(COC(=O)CCCCCCCCCCCCCCCCCCCCCCC)OC(=O)CCCCCCCCCCCCCCCCCCCCC. The monoisotopic (exact) mass is 1030 g/mol. The molecule has 73 heavy (non-hydrogen) atoms. The lowest BCUT2D eigenvalue weighted by atomic mass is 10.0. The van der Waals surface area contributed by atoms with Crippen LogP contribution in [0.1, 0.15) is 367 Å². The van der Waals surface area contributed by atoms with E-state index in [1.165, 1.54) is 250 Å². The number of carbonyl (C=O) groups excluding carboxylic acids is 3. The molecule has 0 aliphatic rings. The van der Waals surface area contributed by atoms with E-state index in [1.807, 2.05) is 0 Å². The fourth-order valence-corrected chi connectivity index (χ4v) is 10.0. The third kappa shape index (κ3) is 60.6. The smallest absolute Gasteiger partial charge is 0.306 e. The molecule has 0 aliphatic heterocycles. The molecule has 1 unspecified atom stereocenters. The van der Waals surface area contributed by atoms with Crippen molar-refractivity contribution in [2.24, 2.45) is 0 Å². The van der Waals surface area contributed by atoms with E-state index in [2.05, 4.69) is 45.1 Å². The van der Waals surface area contributed by atoms with Gasteiger partial charge >= 0.3 is 17.9 Å². The average molecular weight is 1030 g/mol. The molecule has 430 valence electrons. The van der Waals surface area contributed by atoms with E-state index in [-0.39, 0.29) is 31.1 Å². The highest BCUT2D eigenvalue weighted by atomic mass is 16.6. The van der Waals surface area contributed by atoms with Gasteiger partial charge in [0.2, 0.25) is 0 Å². The van der Waals surface area contributed by atoms with Crippen molar-refractivity contribution < 1.29 is 28.6 Å². The van der Waals surface area contributed by atoms with E-state index in [0.29, 0.717) is 19.3 Å². The van der Waals surface area contributed by atoms with Crippen LogP contribution in [0.15, 0.2) is 24.3 Å². The van der Waals surface area contributed by atoms with Crippen molar-refractivity contribution >= 4 is 17.9 Å². The Labute approximate surface area is 455 Å². The summed E-state index contributed by atoms with van der Waals surface area (Å²) in [6, 6.07) is 0. The molecule has 0 rings (SSSR count). The summed E-state index contributed by atoms with van der Waals surface area (Å²) in [5.74, 6) is -0.854. The zero-order chi connectivity index (χ0) is 52.9. The van der Waals surface area contributed by atoms with Crippen LogP contribution in [-0.4, -0.2) is 37.2 Å². The predicted molar refractivity (Wildman–Crippen MR) is 316 cm³/mol. The van der Waals surface area contributed by atoms with Crippen molar-refractivity contribution in [1.29, 1.82) is 0 Å². The molecule has 0 aromatic rings. The molecule has 0 spiro atoms. The predicted octanol–water partition coefficient (Wildman–Crippen LogP) is 22.2. The number of hydrogen-bond acceptors (Lipinski definition) is 6. The first-order valence-electron chi connectivity index (χ1n) is 32.8. The Kier molecular flexibility index (Phi) is 60.6. The maximum atomic E-state index is 12.9. The summed E-state index contributed by atoms with van der Waals surface area (Å²) in [4.78, 5) is 38.3. The van der Waals surface area contributed by atoms with Crippen molar-refractivity contribution in [1.82, 2.24) is 0 Å². The average Bonchev–Trinajstić information content (AvgIpc) is 3.39. The van der Waals surface area contributed by atoms with Crippen LogP contribution in [0, 0.1) is 0 Å². The van der Waals surface area contributed by atoms with Crippen LogP contribution in [0.4, 0.5) is 0 Å². The van der Waals surface area contributed by atoms with E-state index >= 15 is 0 Å². The Morgan fingerprint density at radius 1 is 0.274 bits per heavy atom. The van der Waals surface area contributed by atoms with Crippen molar-refractivity contribution in [3.8, 4) is 0 Å². The largest absolute Gasteiger partial charge is 0.462 e. The van der Waals surface area contributed by atoms with Crippen molar-refractivity contribution in [2.75, 3.05) is 13.2 Å². The van der Waals surface area contributed by atoms with E-state index in [0.717, 1.165) is 77.0 Å². The molecule has 1 atom stereocenters. The number of ether oxygens (including phenoxy) is 3. The Morgan fingerprint density at radius 2 is 0.493 bits per heavy atom. The fourth-order valence-electron chi connectivity index (χ4n) is 10.0. The van der Waals surface area contributed by atoms with Gasteiger partial charge in [-0.1, -0.05) is 321 Å². The topological polar surface area (TPSA) is 78.9 Å². The van der Waals surface area contributed by atoms with E-state index in [4.69, 9.17) is 14.2 Å². The molecule has 0 fully saturated rings. The highest BCUT2D eigenvalue weighted by molar-refractivity contribution is 5.71. The molecule has 0 N–H and O–H groups in total. The molecule has 6 nitrogen and oxygen atoms in total. The third-order valence-corrected chi connectivity index (χ3v) is 15.0. The molecule has 6 heteroatoms. The van der Waals surface area contributed by atoms with Gasteiger partial charge in [-0.05, 0) is 51.4 Å². The molecule has 0 radical (unpaired) electrons. The van der Waals surface area contributed by atoms with Crippen molar-refractivity contribution in [2.45, 2.75) is 374 Å². The lowest BCUT2D eigenvalue weighted by Crippen LogP contribution is -2.30. The molecule has 0 heterocycles. The molecular formula is C67H126O6. The van der Waals surface area contributed by atoms with Crippen molar-refractivity contribution in [3.63, 3.8) is 0 Å². The van der Waals surface area contributed by atoms with E-state index < -0.39 is 6.10 Å². The normalized spacial score (nSPS) is 12.1. The van der Waals surface area contributed by atoms with Gasteiger partial charge in [0.05, 0.1) is 0 Å². The van der Waals surface area contributed by atoms with Crippen LogP contribution in [0.5, 0.6) is 0 Å². The van der Waals surface area contributed by atoms with Gasteiger partial charge in [0.1, 0.15) is 13.2 Å². The number of unbranched alkanes of at least 4 members (excludes halogenated alkanes) is 46. The van der Waals surface area contributed by atoms with E-state index in [9.17, 15) is 14.4 Å². The number of esters is 3. The minimum atomic E-state index is -0.773. The number of rotatable bonds is 61. The van der Waals surface area contributed by atoms with Crippen LogP contribution in [0.2, 0.25) is 0 Å². The summed E-state index contributed by atoms with van der Waals surface area (Å²) in [6.45, 7) is 6.68. The first-order chi connectivity index (χ1) is 36.0. The number of carbonyl (C=O) groups is 3. The molecular weight excluding hydrogens is 901 g/mol. The minimum Gasteiger partial charge on any atom is -0.462 e. The Balaban J connectivity index is 4.29. The quantitative estimate of drug-likeness (QED) is 0.0261. The first-order valence-corrected chi connectivity index (χ1v) is 32.8. The number of hydrogen-bond donors (Lipinski definition) is 0.